The lowest BCUT2D eigenvalue weighted by Gasteiger charge is -2.22. The molecule has 2 aromatic heterocycles. The monoisotopic (exact) mass is 388 g/mol. The van der Waals surface area contributed by atoms with E-state index in [1.54, 1.807) is 6.20 Å². The Kier molecular flexibility index (Phi) is 4.20. The molecule has 1 aliphatic heterocycles. The number of halogens is 1. The molecule has 24 heavy (non-hydrogen) atoms. The van der Waals surface area contributed by atoms with E-state index in [1.165, 1.54) is 0 Å². The zero-order chi connectivity index (χ0) is 16.5. The van der Waals surface area contributed by atoms with Crippen LogP contribution in [0.5, 0.6) is 0 Å². The minimum absolute atomic E-state index is 0.134. The second-order valence-electron chi connectivity index (χ2n) is 5.99. The molecule has 3 aromatic rings. The molecule has 3 heterocycles. The molecule has 1 N–H and O–H groups in total. The molecule has 1 aliphatic rings. The summed E-state index contributed by atoms with van der Waals surface area (Å²) in [6.45, 7) is 1.45. The zero-order valence-corrected chi connectivity index (χ0v) is 14.6. The molecule has 0 atom stereocenters. The molecular formula is C17H17BrN4O2. The lowest BCUT2D eigenvalue weighted by atomic mass is 10.1. The van der Waals surface area contributed by atoms with Crippen LogP contribution in [0, 0.1) is 0 Å². The molecule has 0 saturated carbocycles. The first-order valence-corrected chi connectivity index (χ1v) is 8.78. The first kappa shape index (κ1) is 15.5. The van der Waals surface area contributed by atoms with Crippen LogP contribution in [0.2, 0.25) is 0 Å². The summed E-state index contributed by atoms with van der Waals surface area (Å²) in [6, 6.07) is 8.25. The molecule has 4 rings (SSSR count). The fourth-order valence-corrected chi connectivity index (χ4v) is 3.32. The minimum atomic E-state index is -0.134. The summed E-state index contributed by atoms with van der Waals surface area (Å²) >= 11 is 3.43. The first-order chi connectivity index (χ1) is 11.7. The van der Waals surface area contributed by atoms with Crippen molar-refractivity contribution in [2.24, 2.45) is 0 Å². The lowest BCUT2D eigenvalue weighted by Crippen LogP contribution is -2.21. The first-order valence-electron chi connectivity index (χ1n) is 7.99. The third kappa shape index (κ3) is 3.01. The fraction of sp³-hybridized carbons (Fsp3) is 0.353. The van der Waals surface area contributed by atoms with Crippen molar-refractivity contribution >= 4 is 27.0 Å². The van der Waals surface area contributed by atoms with Crippen LogP contribution in [0.4, 0.5) is 0 Å². The number of ether oxygens (including phenoxy) is 1. The van der Waals surface area contributed by atoms with Crippen molar-refractivity contribution in [2.75, 3.05) is 13.2 Å². The highest BCUT2D eigenvalue weighted by atomic mass is 79.9. The van der Waals surface area contributed by atoms with Gasteiger partial charge < -0.3 is 9.72 Å². The van der Waals surface area contributed by atoms with Crippen molar-refractivity contribution in [1.29, 1.82) is 0 Å². The van der Waals surface area contributed by atoms with Gasteiger partial charge in [-0.15, -0.1) is 0 Å². The van der Waals surface area contributed by atoms with Gasteiger partial charge in [0.05, 0.1) is 12.2 Å². The molecular weight excluding hydrogens is 372 g/mol. The van der Waals surface area contributed by atoms with E-state index in [4.69, 9.17) is 4.74 Å². The van der Waals surface area contributed by atoms with Gasteiger partial charge in [0.15, 0.2) is 5.65 Å². The topological polar surface area (TPSA) is 72.8 Å². The van der Waals surface area contributed by atoms with Crippen molar-refractivity contribution < 1.29 is 4.74 Å². The quantitative estimate of drug-likeness (QED) is 0.748. The number of benzene rings is 1. The van der Waals surface area contributed by atoms with Gasteiger partial charge in [-0.25, -0.2) is 9.67 Å². The summed E-state index contributed by atoms with van der Waals surface area (Å²) in [5, 5.41) is 4.95. The SMILES string of the molecule is O=c1[nH]c(Cc2ccc(Br)cc2)nc2c1cnn2C1CCOCC1. The average Bonchev–Trinajstić information content (AvgIpc) is 3.02. The van der Waals surface area contributed by atoms with Crippen LogP contribution >= 0.6 is 15.9 Å². The van der Waals surface area contributed by atoms with Crippen molar-refractivity contribution in [2.45, 2.75) is 25.3 Å². The standard InChI is InChI=1S/C17H17BrN4O2/c18-12-3-1-11(2-4-12)9-15-20-16-14(17(23)21-15)10-19-22(16)13-5-7-24-8-6-13/h1-4,10,13H,5-9H2,(H,20,21,23). The zero-order valence-electron chi connectivity index (χ0n) is 13.0. The second kappa shape index (κ2) is 6.49. The summed E-state index contributed by atoms with van der Waals surface area (Å²) in [6.07, 6.45) is 3.98. The molecule has 0 radical (unpaired) electrons. The Morgan fingerprint density at radius 1 is 1.25 bits per heavy atom. The van der Waals surface area contributed by atoms with E-state index in [9.17, 15) is 4.79 Å². The molecule has 1 saturated heterocycles. The van der Waals surface area contributed by atoms with E-state index in [0.717, 1.165) is 36.1 Å². The third-order valence-electron chi connectivity index (χ3n) is 4.33. The van der Waals surface area contributed by atoms with Crippen LogP contribution in [0.1, 0.15) is 30.3 Å². The van der Waals surface area contributed by atoms with E-state index in [2.05, 4.69) is 31.0 Å². The van der Waals surface area contributed by atoms with Gasteiger partial charge in [0.25, 0.3) is 5.56 Å². The molecule has 7 heteroatoms. The number of fused-ring (bicyclic) bond motifs is 1. The van der Waals surface area contributed by atoms with Crippen LogP contribution in [-0.2, 0) is 11.2 Å². The predicted molar refractivity (Wildman–Crippen MR) is 94.2 cm³/mol. The highest BCUT2D eigenvalue weighted by Crippen LogP contribution is 2.23. The van der Waals surface area contributed by atoms with E-state index in [0.29, 0.717) is 23.3 Å². The van der Waals surface area contributed by atoms with Gasteiger partial charge >= 0.3 is 0 Å². The summed E-state index contributed by atoms with van der Waals surface area (Å²) in [4.78, 5) is 19.9. The van der Waals surface area contributed by atoms with Crippen molar-refractivity contribution in [1.82, 2.24) is 19.7 Å². The van der Waals surface area contributed by atoms with Crippen LogP contribution in [0.15, 0.2) is 39.7 Å². The highest BCUT2D eigenvalue weighted by Gasteiger charge is 2.20. The van der Waals surface area contributed by atoms with Crippen LogP contribution in [0.3, 0.4) is 0 Å². The number of aromatic nitrogens is 4. The number of H-pyrrole nitrogens is 1. The van der Waals surface area contributed by atoms with E-state index in [-0.39, 0.29) is 11.6 Å². The van der Waals surface area contributed by atoms with Gasteiger partial charge in [0, 0.05) is 24.1 Å². The summed E-state index contributed by atoms with van der Waals surface area (Å²) < 4.78 is 8.33. The van der Waals surface area contributed by atoms with Gasteiger partial charge in [-0.2, -0.15) is 5.10 Å². The predicted octanol–water partition coefficient (Wildman–Crippen LogP) is 2.82. The van der Waals surface area contributed by atoms with Gasteiger partial charge in [-0.05, 0) is 30.5 Å². The molecule has 0 aliphatic carbocycles. The maximum Gasteiger partial charge on any atom is 0.262 e. The largest absolute Gasteiger partial charge is 0.381 e. The van der Waals surface area contributed by atoms with Gasteiger partial charge in [0.2, 0.25) is 0 Å². The molecule has 6 nitrogen and oxygen atoms in total. The number of rotatable bonds is 3. The number of hydrogen-bond donors (Lipinski definition) is 1. The molecule has 124 valence electrons. The maximum absolute atomic E-state index is 12.4. The molecule has 0 bridgehead atoms. The second-order valence-corrected chi connectivity index (χ2v) is 6.90. The van der Waals surface area contributed by atoms with Crippen molar-refractivity contribution in [3.05, 3.63) is 56.7 Å². The summed E-state index contributed by atoms with van der Waals surface area (Å²) in [5.41, 5.74) is 1.63. The molecule has 0 amide bonds. The van der Waals surface area contributed by atoms with Gasteiger partial charge in [-0.3, -0.25) is 4.79 Å². The Hall–Kier alpha value is -1.99. The Balaban J connectivity index is 1.71. The molecule has 1 fully saturated rings. The smallest absolute Gasteiger partial charge is 0.262 e. The molecule has 0 spiro atoms. The Bertz CT molecular complexity index is 910. The molecule has 0 unspecified atom stereocenters. The maximum atomic E-state index is 12.4. The third-order valence-corrected chi connectivity index (χ3v) is 4.86. The van der Waals surface area contributed by atoms with Crippen LogP contribution < -0.4 is 5.56 Å². The normalized spacial score (nSPS) is 15.9. The Morgan fingerprint density at radius 3 is 2.75 bits per heavy atom. The molecule has 1 aromatic carbocycles. The van der Waals surface area contributed by atoms with Gasteiger partial charge in [0.1, 0.15) is 11.2 Å². The van der Waals surface area contributed by atoms with E-state index < -0.39 is 0 Å². The number of hydrogen-bond acceptors (Lipinski definition) is 4. The fourth-order valence-electron chi connectivity index (χ4n) is 3.06. The number of aromatic amines is 1. The van der Waals surface area contributed by atoms with E-state index >= 15 is 0 Å². The average molecular weight is 389 g/mol. The summed E-state index contributed by atoms with van der Waals surface area (Å²) in [5.74, 6) is 0.656. The van der Waals surface area contributed by atoms with Crippen molar-refractivity contribution in [3.63, 3.8) is 0 Å². The Labute approximate surface area is 147 Å². The van der Waals surface area contributed by atoms with Crippen LogP contribution in [0.25, 0.3) is 11.0 Å². The highest BCUT2D eigenvalue weighted by molar-refractivity contribution is 9.10. The number of nitrogens with zero attached hydrogens (tertiary/aromatic N) is 3. The van der Waals surface area contributed by atoms with Gasteiger partial charge in [-0.1, -0.05) is 28.1 Å². The summed E-state index contributed by atoms with van der Waals surface area (Å²) in [7, 11) is 0. The lowest BCUT2D eigenvalue weighted by molar-refractivity contribution is 0.0673. The minimum Gasteiger partial charge on any atom is -0.381 e. The Morgan fingerprint density at radius 2 is 2.00 bits per heavy atom. The van der Waals surface area contributed by atoms with E-state index in [1.807, 2.05) is 28.9 Å². The van der Waals surface area contributed by atoms with Crippen LogP contribution in [-0.4, -0.2) is 33.0 Å². The number of nitrogens with one attached hydrogen (secondary N) is 1. The van der Waals surface area contributed by atoms with Crippen molar-refractivity contribution in [3.8, 4) is 0 Å².